The molecule has 0 atom stereocenters. The van der Waals surface area contributed by atoms with Crippen LogP contribution in [0, 0.1) is 6.07 Å². The van der Waals surface area contributed by atoms with Gasteiger partial charge >= 0.3 is 32.7 Å². The zero-order valence-corrected chi connectivity index (χ0v) is 16.0. The summed E-state index contributed by atoms with van der Waals surface area (Å²) in [6.45, 7) is 2.85. The van der Waals surface area contributed by atoms with Crippen LogP contribution in [0.1, 0.15) is 18.9 Å². The van der Waals surface area contributed by atoms with E-state index in [0.717, 1.165) is 24.1 Å². The van der Waals surface area contributed by atoms with Crippen molar-refractivity contribution in [3.63, 3.8) is 0 Å². The van der Waals surface area contributed by atoms with Gasteiger partial charge < -0.3 is 4.90 Å². The van der Waals surface area contributed by atoms with Crippen LogP contribution in [0.2, 0.25) is 0 Å². The molecule has 0 aliphatic heterocycles. The number of nitrogens with zero attached hydrogens (tertiary/aromatic N) is 1. The minimum Gasteiger partial charge on any atom is -0.342 e. The fraction of sp³-hybridized carbons (Fsp3) is 0.211. The van der Waals surface area contributed by atoms with Crippen LogP contribution < -0.4 is 0 Å². The molecule has 0 unspecified atom stereocenters. The van der Waals surface area contributed by atoms with E-state index in [1.165, 1.54) is 5.56 Å². The summed E-state index contributed by atoms with van der Waals surface area (Å²) in [7, 11) is 1.83. The molecule has 0 aliphatic carbocycles. The van der Waals surface area contributed by atoms with Crippen molar-refractivity contribution < 1.29 is 37.5 Å². The van der Waals surface area contributed by atoms with Crippen molar-refractivity contribution in [3.05, 3.63) is 66.2 Å². The first-order chi connectivity index (χ1) is 10.2. The van der Waals surface area contributed by atoms with Gasteiger partial charge in [-0.3, -0.25) is 4.79 Å². The van der Waals surface area contributed by atoms with Crippen LogP contribution in [0.3, 0.4) is 0 Å². The molecule has 0 N–H and O–H groups in total. The van der Waals surface area contributed by atoms with Crippen LogP contribution >= 0.6 is 0 Å². The van der Waals surface area contributed by atoms with E-state index in [4.69, 9.17) is 0 Å². The van der Waals surface area contributed by atoms with Gasteiger partial charge in [0.25, 0.3) is 0 Å². The Morgan fingerprint density at radius 1 is 1.09 bits per heavy atom. The van der Waals surface area contributed by atoms with Crippen LogP contribution in [0.25, 0.3) is 17.2 Å². The van der Waals surface area contributed by atoms with Crippen LogP contribution in [0.4, 0.5) is 0 Å². The van der Waals surface area contributed by atoms with Crippen molar-refractivity contribution in [3.8, 4) is 11.1 Å². The molecule has 0 saturated heterocycles. The molecule has 108 valence electrons. The maximum Gasteiger partial charge on any atom is 3.00 e. The number of hydrogen-bond donors (Lipinski definition) is 0. The monoisotopic (exact) mass is 367 g/mol. The second-order valence-electron chi connectivity index (χ2n) is 5.00. The smallest absolute Gasteiger partial charge is 0.342 e. The van der Waals surface area contributed by atoms with E-state index in [1.54, 1.807) is 11.0 Å². The second-order valence-corrected chi connectivity index (χ2v) is 5.00. The van der Waals surface area contributed by atoms with E-state index in [0.29, 0.717) is 0 Å². The number of rotatable bonds is 5. The number of likely N-dealkylation sites (N-methyl/N-ethyl adjacent to an activating group) is 1. The number of amides is 1. The van der Waals surface area contributed by atoms with Crippen molar-refractivity contribution in [2.45, 2.75) is 13.3 Å². The zero-order valence-electron chi connectivity index (χ0n) is 13.1. The molecular formula is C19H20NOY+2. The van der Waals surface area contributed by atoms with Crippen molar-refractivity contribution in [2.75, 3.05) is 13.6 Å². The Kier molecular flexibility index (Phi) is 8.30. The van der Waals surface area contributed by atoms with E-state index in [2.05, 4.69) is 25.1 Å². The first kappa shape index (κ1) is 18.8. The Balaban J connectivity index is 0.00000242. The maximum absolute atomic E-state index is 11.8. The number of benzene rings is 2. The van der Waals surface area contributed by atoms with E-state index < -0.39 is 0 Å². The first-order valence-corrected chi connectivity index (χ1v) is 7.20. The molecule has 2 aromatic carbocycles. The molecule has 2 rings (SSSR count). The van der Waals surface area contributed by atoms with E-state index in [9.17, 15) is 4.79 Å². The summed E-state index contributed by atoms with van der Waals surface area (Å²) < 4.78 is 0. The van der Waals surface area contributed by atoms with Gasteiger partial charge in [0.15, 0.2) is 0 Å². The molecule has 0 bridgehead atoms. The molecule has 0 radical (unpaired) electrons. The molecule has 1 amide bonds. The molecule has 0 fully saturated rings. The Morgan fingerprint density at radius 3 is 2.27 bits per heavy atom. The molecule has 0 aromatic heterocycles. The van der Waals surface area contributed by atoms with Gasteiger partial charge in [-0.1, -0.05) is 31.2 Å². The minimum atomic E-state index is 0. The molecule has 3 heteroatoms. The molecule has 2 nitrogen and oxygen atoms in total. The molecule has 0 spiro atoms. The van der Waals surface area contributed by atoms with Gasteiger partial charge in [-0.25, -0.2) is 0 Å². The van der Waals surface area contributed by atoms with Crippen LogP contribution in [-0.2, 0) is 37.5 Å². The molecule has 0 aliphatic rings. The summed E-state index contributed by atoms with van der Waals surface area (Å²) >= 11 is 0. The van der Waals surface area contributed by atoms with Crippen molar-refractivity contribution in [1.29, 1.82) is 0 Å². The SMILES string of the molecule is CCCN(C)C(=O)/C=C/c1ccc(-c2cc[c-]cc2)cc1.[Y+3]. The first-order valence-electron chi connectivity index (χ1n) is 7.20. The number of carbonyl (C=O) groups is 1. The van der Waals surface area contributed by atoms with Crippen LogP contribution in [0.5, 0.6) is 0 Å². The van der Waals surface area contributed by atoms with E-state index >= 15 is 0 Å². The number of hydrogen-bond acceptors (Lipinski definition) is 1. The Hall–Kier alpha value is -1.25. The molecule has 0 heterocycles. The Morgan fingerprint density at radius 2 is 1.68 bits per heavy atom. The fourth-order valence-corrected chi connectivity index (χ4v) is 2.11. The van der Waals surface area contributed by atoms with E-state index in [-0.39, 0.29) is 38.6 Å². The summed E-state index contributed by atoms with van der Waals surface area (Å²) in [6, 6.07) is 19.1. The zero-order chi connectivity index (χ0) is 15.1. The predicted molar refractivity (Wildman–Crippen MR) is 87.7 cm³/mol. The summed E-state index contributed by atoms with van der Waals surface area (Å²) in [5, 5.41) is 0. The average Bonchev–Trinajstić information content (AvgIpc) is 2.54. The third-order valence-corrected chi connectivity index (χ3v) is 3.32. The molecule has 0 saturated carbocycles. The minimum absolute atomic E-state index is 0. The molecule has 2 aromatic rings. The van der Waals surface area contributed by atoms with Gasteiger partial charge in [-0.05, 0) is 23.6 Å². The van der Waals surface area contributed by atoms with Gasteiger partial charge in [0.2, 0.25) is 5.91 Å². The Labute approximate surface area is 158 Å². The van der Waals surface area contributed by atoms with Gasteiger partial charge in [0.05, 0.1) is 0 Å². The Bertz CT molecular complexity index is 605. The maximum atomic E-state index is 11.8. The predicted octanol–water partition coefficient (Wildman–Crippen LogP) is 4.03. The third kappa shape index (κ3) is 5.51. The van der Waals surface area contributed by atoms with Gasteiger partial charge in [-0.2, -0.15) is 30.3 Å². The third-order valence-electron chi connectivity index (χ3n) is 3.32. The normalized spacial score (nSPS) is 10.3. The quantitative estimate of drug-likeness (QED) is 0.577. The average molecular weight is 367 g/mol. The molecular weight excluding hydrogens is 347 g/mol. The second kappa shape index (κ2) is 9.71. The topological polar surface area (TPSA) is 20.3 Å². The van der Waals surface area contributed by atoms with Gasteiger partial charge in [0.1, 0.15) is 0 Å². The van der Waals surface area contributed by atoms with Crippen molar-refractivity contribution in [2.24, 2.45) is 0 Å². The van der Waals surface area contributed by atoms with Crippen molar-refractivity contribution in [1.82, 2.24) is 4.90 Å². The largest absolute Gasteiger partial charge is 3.00 e. The standard InChI is InChI=1S/C19H20NO.Y/c1-3-15-20(2)19(21)14-11-16-9-12-18(13-10-16)17-7-5-4-6-8-17;/h5-14H,3,15H2,1-2H3;/q-1;+3/b14-11+;. The summed E-state index contributed by atoms with van der Waals surface area (Å²) in [4.78, 5) is 13.6. The van der Waals surface area contributed by atoms with E-state index in [1.807, 2.05) is 49.5 Å². The van der Waals surface area contributed by atoms with Crippen LogP contribution in [0.15, 0.2) is 54.6 Å². The summed E-state index contributed by atoms with van der Waals surface area (Å²) in [5.41, 5.74) is 3.36. The number of carbonyl (C=O) groups excluding carboxylic acids is 1. The fourth-order valence-electron chi connectivity index (χ4n) is 2.11. The van der Waals surface area contributed by atoms with Gasteiger partial charge in [-0.15, -0.1) is 5.56 Å². The van der Waals surface area contributed by atoms with Crippen molar-refractivity contribution >= 4 is 12.0 Å². The van der Waals surface area contributed by atoms with Gasteiger partial charge in [0, 0.05) is 19.7 Å². The van der Waals surface area contributed by atoms with Crippen LogP contribution in [-0.4, -0.2) is 24.4 Å². The summed E-state index contributed by atoms with van der Waals surface area (Å²) in [5.74, 6) is 0.0412. The molecule has 22 heavy (non-hydrogen) atoms. The summed E-state index contributed by atoms with van der Waals surface area (Å²) in [6.07, 6.45) is 4.46.